The van der Waals surface area contributed by atoms with Crippen molar-refractivity contribution in [1.29, 1.82) is 0 Å². The van der Waals surface area contributed by atoms with E-state index in [2.05, 4.69) is 48.3 Å². The van der Waals surface area contributed by atoms with E-state index in [1.54, 1.807) is 13.4 Å². The fourth-order valence-corrected chi connectivity index (χ4v) is 2.66. The van der Waals surface area contributed by atoms with Crippen LogP contribution in [0.15, 0.2) is 6.33 Å². The van der Waals surface area contributed by atoms with Gasteiger partial charge in [0.05, 0.1) is 7.11 Å². The molecular weight excluding hydrogens is 240 g/mol. The number of rotatable bonds is 5. The summed E-state index contributed by atoms with van der Waals surface area (Å²) in [5.74, 6) is 2.18. The largest absolute Gasteiger partial charge is 0.490 e. The second-order valence-electron chi connectivity index (χ2n) is 6.16. The maximum Gasteiger partial charge on any atom is 0.204 e. The van der Waals surface area contributed by atoms with Crippen molar-refractivity contribution in [3.05, 3.63) is 6.33 Å². The topological polar surface area (TPSA) is 59.1 Å². The standard InChI is InChI=1S/C14H24N4O/c1-7-15-10-9(19-6)11(17-8-16-10)18-12-13(2,3)14(12,4)5/h8,12H,7H2,1-6H3,(H2,15,16,17,18). The van der Waals surface area contributed by atoms with Crippen molar-refractivity contribution >= 4 is 11.6 Å². The molecule has 0 atom stereocenters. The van der Waals surface area contributed by atoms with Gasteiger partial charge in [-0.2, -0.15) is 0 Å². The van der Waals surface area contributed by atoms with Gasteiger partial charge in [0.2, 0.25) is 5.75 Å². The van der Waals surface area contributed by atoms with Gasteiger partial charge in [-0.1, -0.05) is 27.7 Å². The molecule has 2 N–H and O–H groups in total. The molecule has 106 valence electrons. The van der Waals surface area contributed by atoms with E-state index in [1.807, 2.05) is 6.92 Å². The fourth-order valence-electron chi connectivity index (χ4n) is 2.66. The van der Waals surface area contributed by atoms with E-state index >= 15 is 0 Å². The van der Waals surface area contributed by atoms with E-state index in [9.17, 15) is 0 Å². The van der Waals surface area contributed by atoms with E-state index in [-0.39, 0.29) is 10.8 Å². The van der Waals surface area contributed by atoms with Gasteiger partial charge in [0.25, 0.3) is 0 Å². The number of methoxy groups -OCH3 is 1. The van der Waals surface area contributed by atoms with Gasteiger partial charge in [0.1, 0.15) is 6.33 Å². The normalized spacial score (nSPS) is 19.9. The third-order valence-electron chi connectivity index (χ3n) is 4.65. The average molecular weight is 264 g/mol. The molecule has 1 aromatic rings. The minimum absolute atomic E-state index is 0.251. The molecule has 1 aliphatic rings. The summed E-state index contributed by atoms with van der Waals surface area (Å²) in [7, 11) is 1.65. The molecule has 1 aliphatic carbocycles. The average Bonchev–Trinajstić information content (AvgIpc) is 2.72. The number of aromatic nitrogens is 2. The fraction of sp³-hybridized carbons (Fsp3) is 0.714. The third kappa shape index (κ3) is 2.11. The predicted molar refractivity (Wildman–Crippen MR) is 77.7 cm³/mol. The summed E-state index contributed by atoms with van der Waals surface area (Å²) in [6, 6.07) is 0.387. The SMILES string of the molecule is CCNc1ncnc(NC2C(C)(C)C2(C)C)c1OC. The number of hydrogen-bond acceptors (Lipinski definition) is 5. The summed E-state index contributed by atoms with van der Waals surface area (Å²) in [5.41, 5.74) is 0.503. The molecule has 0 spiro atoms. The number of nitrogens with one attached hydrogen (secondary N) is 2. The Balaban J connectivity index is 2.24. The Kier molecular flexibility index (Phi) is 3.32. The van der Waals surface area contributed by atoms with Crippen molar-refractivity contribution in [2.45, 2.75) is 40.7 Å². The Morgan fingerprint density at radius 2 is 1.74 bits per heavy atom. The van der Waals surface area contributed by atoms with Gasteiger partial charge in [-0.05, 0) is 17.8 Å². The van der Waals surface area contributed by atoms with Gasteiger partial charge < -0.3 is 15.4 Å². The van der Waals surface area contributed by atoms with Gasteiger partial charge in [-0.25, -0.2) is 9.97 Å². The molecule has 0 radical (unpaired) electrons. The van der Waals surface area contributed by atoms with Crippen LogP contribution in [0.5, 0.6) is 5.75 Å². The molecule has 1 saturated carbocycles. The van der Waals surface area contributed by atoms with Gasteiger partial charge in [0.15, 0.2) is 11.6 Å². The highest BCUT2D eigenvalue weighted by molar-refractivity contribution is 5.64. The predicted octanol–water partition coefficient (Wildman–Crippen LogP) is 2.76. The van der Waals surface area contributed by atoms with Crippen LogP contribution in [0.25, 0.3) is 0 Å². The second kappa shape index (κ2) is 4.54. The van der Waals surface area contributed by atoms with E-state index in [1.165, 1.54) is 0 Å². The maximum atomic E-state index is 5.44. The smallest absolute Gasteiger partial charge is 0.204 e. The molecule has 0 aliphatic heterocycles. The quantitative estimate of drug-likeness (QED) is 0.856. The van der Waals surface area contributed by atoms with Gasteiger partial charge in [0, 0.05) is 12.6 Å². The molecule has 0 saturated heterocycles. The molecule has 5 heteroatoms. The van der Waals surface area contributed by atoms with Gasteiger partial charge in [-0.15, -0.1) is 0 Å². The summed E-state index contributed by atoms with van der Waals surface area (Å²) in [4.78, 5) is 8.53. The van der Waals surface area contributed by atoms with Crippen LogP contribution in [-0.2, 0) is 0 Å². The minimum atomic E-state index is 0.251. The summed E-state index contributed by atoms with van der Waals surface area (Å²) in [5, 5.41) is 6.69. The Bertz CT molecular complexity index is 457. The highest BCUT2D eigenvalue weighted by Crippen LogP contribution is 2.64. The van der Waals surface area contributed by atoms with Crippen LogP contribution in [-0.4, -0.2) is 29.7 Å². The van der Waals surface area contributed by atoms with Crippen molar-refractivity contribution < 1.29 is 4.74 Å². The lowest BCUT2D eigenvalue weighted by Crippen LogP contribution is -2.14. The van der Waals surface area contributed by atoms with Crippen LogP contribution < -0.4 is 15.4 Å². The molecule has 5 nitrogen and oxygen atoms in total. The van der Waals surface area contributed by atoms with Gasteiger partial charge in [-0.3, -0.25) is 0 Å². The first-order chi connectivity index (χ1) is 8.86. The lowest BCUT2D eigenvalue weighted by Gasteiger charge is -2.14. The molecule has 1 aromatic heterocycles. The third-order valence-corrected chi connectivity index (χ3v) is 4.65. The number of nitrogens with zero attached hydrogens (tertiary/aromatic N) is 2. The molecule has 0 bridgehead atoms. The molecule has 0 unspecified atom stereocenters. The summed E-state index contributed by atoms with van der Waals surface area (Å²) >= 11 is 0. The summed E-state index contributed by atoms with van der Waals surface area (Å²) in [6.45, 7) is 11.9. The van der Waals surface area contributed by atoms with Crippen LogP contribution in [0.4, 0.5) is 11.6 Å². The molecule has 0 amide bonds. The zero-order valence-corrected chi connectivity index (χ0v) is 12.7. The molecule has 19 heavy (non-hydrogen) atoms. The molecule has 0 aromatic carbocycles. The van der Waals surface area contributed by atoms with Crippen molar-refractivity contribution in [2.24, 2.45) is 10.8 Å². The van der Waals surface area contributed by atoms with Crippen molar-refractivity contribution in [2.75, 3.05) is 24.3 Å². The van der Waals surface area contributed by atoms with E-state index in [0.717, 1.165) is 18.2 Å². The zero-order valence-electron chi connectivity index (χ0n) is 12.7. The van der Waals surface area contributed by atoms with E-state index < -0.39 is 0 Å². The molecule has 2 rings (SSSR count). The Labute approximate surface area is 115 Å². The van der Waals surface area contributed by atoms with Crippen molar-refractivity contribution in [1.82, 2.24) is 9.97 Å². The first-order valence-corrected chi connectivity index (χ1v) is 6.75. The Morgan fingerprint density at radius 1 is 1.16 bits per heavy atom. The highest BCUT2D eigenvalue weighted by atomic mass is 16.5. The Morgan fingerprint density at radius 3 is 2.21 bits per heavy atom. The van der Waals surface area contributed by atoms with Crippen LogP contribution in [0.2, 0.25) is 0 Å². The molecular formula is C14H24N4O. The first-order valence-electron chi connectivity index (χ1n) is 6.75. The van der Waals surface area contributed by atoms with Crippen molar-refractivity contribution in [3.8, 4) is 5.75 Å². The van der Waals surface area contributed by atoms with Gasteiger partial charge >= 0.3 is 0 Å². The zero-order chi connectivity index (χ0) is 14.3. The maximum absolute atomic E-state index is 5.44. The molecule has 1 heterocycles. The van der Waals surface area contributed by atoms with E-state index in [0.29, 0.717) is 11.8 Å². The van der Waals surface area contributed by atoms with E-state index in [4.69, 9.17) is 4.74 Å². The number of anilines is 2. The van der Waals surface area contributed by atoms with Crippen LogP contribution in [0.1, 0.15) is 34.6 Å². The highest BCUT2D eigenvalue weighted by Gasteiger charge is 2.65. The van der Waals surface area contributed by atoms with Crippen LogP contribution in [0, 0.1) is 10.8 Å². The van der Waals surface area contributed by atoms with Crippen LogP contribution >= 0.6 is 0 Å². The minimum Gasteiger partial charge on any atom is -0.490 e. The summed E-state index contributed by atoms with van der Waals surface area (Å²) in [6.07, 6.45) is 1.56. The molecule has 1 fully saturated rings. The second-order valence-corrected chi connectivity index (χ2v) is 6.16. The lowest BCUT2D eigenvalue weighted by atomic mass is 10.0. The lowest BCUT2D eigenvalue weighted by molar-refractivity contribution is 0.414. The van der Waals surface area contributed by atoms with Crippen LogP contribution in [0.3, 0.4) is 0 Å². The summed E-state index contributed by atoms with van der Waals surface area (Å²) < 4.78 is 5.44. The Hall–Kier alpha value is -1.52. The monoisotopic (exact) mass is 264 g/mol. The number of ether oxygens (including phenoxy) is 1. The number of hydrogen-bond donors (Lipinski definition) is 2. The first kappa shape index (κ1) is 13.9. The van der Waals surface area contributed by atoms with Crippen molar-refractivity contribution in [3.63, 3.8) is 0 Å².